The molecule has 0 bridgehead atoms. The van der Waals surface area contributed by atoms with E-state index in [2.05, 4.69) is 36.9 Å². The van der Waals surface area contributed by atoms with Crippen LogP contribution in [0.1, 0.15) is 13.8 Å². The van der Waals surface area contributed by atoms with Crippen molar-refractivity contribution < 1.29 is 0 Å². The number of aliphatic imine (C=N–C) groups is 1. The van der Waals surface area contributed by atoms with Crippen molar-refractivity contribution in [1.29, 1.82) is 0 Å². The van der Waals surface area contributed by atoms with E-state index in [-0.39, 0.29) is 0 Å². The Bertz CT molecular complexity index is 244. The summed E-state index contributed by atoms with van der Waals surface area (Å²) in [7, 11) is 0. The molecule has 0 heterocycles. The zero-order chi connectivity index (χ0) is 8.27. The monoisotopic (exact) mass is 147 g/mol. The van der Waals surface area contributed by atoms with E-state index in [9.17, 15) is 0 Å². The first-order valence-electron chi connectivity index (χ1n) is 3.78. The molecule has 1 aliphatic carbocycles. The largest absolute Gasteiger partial charge is 0.264 e. The Balaban J connectivity index is 2.99. The Morgan fingerprint density at radius 2 is 2.00 bits per heavy atom. The maximum Gasteiger partial charge on any atom is 0.0648 e. The maximum absolute atomic E-state index is 3.91. The van der Waals surface area contributed by atoms with Crippen molar-refractivity contribution in [3.8, 4) is 0 Å². The minimum Gasteiger partial charge on any atom is -0.264 e. The number of allylic oxidation sites excluding steroid dienone is 5. The quantitative estimate of drug-likeness (QED) is 0.506. The van der Waals surface area contributed by atoms with E-state index >= 15 is 0 Å². The highest BCUT2D eigenvalue weighted by Gasteiger charge is 1.99. The molecule has 0 amide bonds. The number of rotatable bonds is 1. The lowest BCUT2D eigenvalue weighted by molar-refractivity contribution is 0.941. The molecule has 1 unspecified atom stereocenters. The molecule has 0 N–H and O–H groups in total. The lowest BCUT2D eigenvalue weighted by atomic mass is 10.1. The summed E-state index contributed by atoms with van der Waals surface area (Å²) in [6.45, 7) is 7.70. The summed E-state index contributed by atoms with van der Waals surface area (Å²) in [4.78, 5) is 3.91. The molecule has 1 heteroatoms. The van der Waals surface area contributed by atoms with Crippen LogP contribution in [-0.2, 0) is 0 Å². The van der Waals surface area contributed by atoms with Gasteiger partial charge in [0.1, 0.15) is 0 Å². The van der Waals surface area contributed by atoms with Crippen molar-refractivity contribution in [3.63, 3.8) is 0 Å². The molecular formula is C10H13N. The first-order valence-corrected chi connectivity index (χ1v) is 3.78. The van der Waals surface area contributed by atoms with Crippen molar-refractivity contribution in [1.82, 2.24) is 0 Å². The normalized spacial score (nSPS) is 23.6. The van der Waals surface area contributed by atoms with Crippen LogP contribution in [0.15, 0.2) is 40.6 Å². The van der Waals surface area contributed by atoms with E-state index in [1.807, 2.05) is 13.0 Å². The van der Waals surface area contributed by atoms with Gasteiger partial charge >= 0.3 is 0 Å². The van der Waals surface area contributed by atoms with Crippen molar-refractivity contribution in [2.24, 2.45) is 10.9 Å². The molecule has 1 aliphatic rings. The van der Waals surface area contributed by atoms with Crippen molar-refractivity contribution in [3.05, 3.63) is 35.6 Å². The summed E-state index contributed by atoms with van der Waals surface area (Å²) < 4.78 is 0. The minimum atomic E-state index is 0.504. The van der Waals surface area contributed by atoms with Crippen LogP contribution in [0.2, 0.25) is 0 Å². The predicted octanol–water partition coefficient (Wildman–Crippen LogP) is 2.72. The average Bonchev–Trinajstić information content (AvgIpc) is 2.15. The Hall–Kier alpha value is -1.11. The lowest BCUT2D eigenvalue weighted by Crippen LogP contribution is -1.78. The van der Waals surface area contributed by atoms with Crippen LogP contribution in [0.5, 0.6) is 0 Å². The summed E-state index contributed by atoms with van der Waals surface area (Å²) in [5, 5.41) is 0. The van der Waals surface area contributed by atoms with Crippen LogP contribution in [0.25, 0.3) is 0 Å². The van der Waals surface area contributed by atoms with Gasteiger partial charge in [-0.15, -0.1) is 0 Å². The molecule has 0 saturated heterocycles. The van der Waals surface area contributed by atoms with Crippen LogP contribution < -0.4 is 0 Å². The average molecular weight is 147 g/mol. The first kappa shape index (κ1) is 7.99. The number of hydrogen-bond acceptors (Lipinski definition) is 1. The van der Waals surface area contributed by atoms with Gasteiger partial charge in [0.15, 0.2) is 0 Å². The summed E-state index contributed by atoms with van der Waals surface area (Å²) >= 11 is 0. The molecule has 0 aliphatic heterocycles. The molecule has 0 aromatic rings. The third-order valence-electron chi connectivity index (χ3n) is 1.78. The Morgan fingerprint density at radius 1 is 1.36 bits per heavy atom. The highest BCUT2D eigenvalue weighted by atomic mass is 14.7. The van der Waals surface area contributed by atoms with Crippen molar-refractivity contribution >= 4 is 6.72 Å². The van der Waals surface area contributed by atoms with Gasteiger partial charge in [-0.05, 0) is 31.2 Å². The SMILES string of the molecule is C=NC1=C(C)C=CC(C)C=C1. The molecule has 1 rings (SSSR count). The smallest absolute Gasteiger partial charge is 0.0648 e. The standard InChI is InChI=1S/C10H13N/c1-8-4-6-9(2)10(11-3)7-5-8/h4-8H,3H2,1-2H3. The number of nitrogens with zero attached hydrogens (tertiary/aromatic N) is 1. The number of hydrogen-bond donors (Lipinski definition) is 0. The molecule has 11 heavy (non-hydrogen) atoms. The van der Waals surface area contributed by atoms with Crippen LogP contribution in [0.3, 0.4) is 0 Å². The molecule has 58 valence electrons. The second-order valence-electron chi connectivity index (χ2n) is 2.80. The fraction of sp³-hybridized carbons (Fsp3) is 0.300. The van der Waals surface area contributed by atoms with Crippen LogP contribution >= 0.6 is 0 Å². The highest BCUT2D eigenvalue weighted by molar-refractivity contribution is 5.40. The first-order chi connectivity index (χ1) is 5.24. The van der Waals surface area contributed by atoms with E-state index in [1.165, 1.54) is 5.57 Å². The van der Waals surface area contributed by atoms with Gasteiger partial charge in [-0.1, -0.05) is 25.2 Å². The van der Waals surface area contributed by atoms with Crippen LogP contribution in [0, 0.1) is 5.92 Å². The van der Waals surface area contributed by atoms with E-state index in [1.54, 1.807) is 0 Å². The third-order valence-corrected chi connectivity index (χ3v) is 1.78. The second kappa shape index (κ2) is 3.33. The maximum atomic E-state index is 3.91. The summed E-state index contributed by atoms with van der Waals surface area (Å²) in [5.74, 6) is 0.504. The lowest BCUT2D eigenvalue weighted by Gasteiger charge is -1.93. The molecule has 0 aromatic carbocycles. The van der Waals surface area contributed by atoms with Gasteiger partial charge in [0.2, 0.25) is 0 Å². The highest BCUT2D eigenvalue weighted by Crippen LogP contribution is 2.15. The van der Waals surface area contributed by atoms with E-state index < -0.39 is 0 Å². The predicted molar refractivity (Wildman–Crippen MR) is 49.7 cm³/mol. The summed E-state index contributed by atoms with van der Waals surface area (Å²) in [5.41, 5.74) is 2.16. The van der Waals surface area contributed by atoms with Gasteiger partial charge in [-0.3, -0.25) is 4.99 Å². The molecule has 0 fully saturated rings. The Kier molecular flexibility index (Phi) is 2.42. The van der Waals surface area contributed by atoms with E-state index in [4.69, 9.17) is 0 Å². The minimum absolute atomic E-state index is 0.504. The molecular weight excluding hydrogens is 134 g/mol. The molecule has 1 nitrogen and oxygen atoms in total. The summed E-state index contributed by atoms with van der Waals surface area (Å²) in [6, 6.07) is 0. The molecule has 0 saturated carbocycles. The third kappa shape index (κ3) is 1.90. The van der Waals surface area contributed by atoms with Crippen LogP contribution in [-0.4, -0.2) is 6.72 Å². The van der Waals surface area contributed by atoms with Gasteiger partial charge in [0.05, 0.1) is 5.70 Å². The molecule has 1 atom stereocenters. The van der Waals surface area contributed by atoms with Gasteiger partial charge in [-0.2, -0.15) is 0 Å². The zero-order valence-electron chi connectivity index (χ0n) is 7.04. The topological polar surface area (TPSA) is 12.4 Å². The van der Waals surface area contributed by atoms with Crippen molar-refractivity contribution in [2.75, 3.05) is 0 Å². The second-order valence-corrected chi connectivity index (χ2v) is 2.80. The molecule has 0 aromatic heterocycles. The Morgan fingerprint density at radius 3 is 2.64 bits per heavy atom. The zero-order valence-corrected chi connectivity index (χ0v) is 7.04. The van der Waals surface area contributed by atoms with Gasteiger partial charge in [0.25, 0.3) is 0 Å². The molecule has 0 spiro atoms. The van der Waals surface area contributed by atoms with Gasteiger partial charge in [-0.25, -0.2) is 0 Å². The summed E-state index contributed by atoms with van der Waals surface area (Å²) in [6.07, 6.45) is 8.39. The fourth-order valence-corrected chi connectivity index (χ4v) is 0.997. The van der Waals surface area contributed by atoms with Gasteiger partial charge in [0, 0.05) is 0 Å². The van der Waals surface area contributed by atoms with Crippen molar-refractivity contribution in [2.45, 2.75) is 13.8 Å². The Labute approximate surface area is 67.8 Å². The van der Waals surface area contributed by atoms with Gasteiger partial charge < -0.3 is 0 Å². The molecule has 0 radical (unpaired) electrons. The fourth-order valence-electron chi connectivity index (χ4n) is 0.997. The van der Waals surface area contributed by atoms with E-state index in [0.29, 0.717) is 5.92 Å². The van der Waals surface area contributed by atoms with Crippen LogP contribution in [0.4, 0.5) is 0 Å². The van der Waals surface area contributed by atoms with E-state index in [0.717, 1.165) is 5.70 Å².